The SMILES string of the molecule is C/C(CC(=O)Nc1cccc(C(F)(F)F)c1)=N/NC(=O)c1cccnc1. The van der Waals surface area contributed by atoms with Crippen molar-refractivity contribution in [1.29, 1.82) is 0 Å². The van der Waals surface area contributed by atoms with Crippen molar-refractivity contribution in [3.05, 3.63) is 59.9 Å². The number of anilines is 1. The molecule has 0 fully saturated rings. The molecule has 1 aromatic heterocycles. The highest BCUT2D eigenvalue weighted by molar-refractivity contribution is 6.06. The highest BCUT2D eigenvalue weighted by Gasteiger charge is 2.30. The van der Waals surface area contributed by atoms with Gasteiger partial charge in [-0.05, 0) is 37.3 Å². The lowest BCUT2D eigenvalue weighted by Gasteiger charge is -2.10. The van der Waals surface area contributed by atoms with Crippen molar-refractivity contribution in [2.45, 2.75) is 19.5 Å². The standard InChI is InChI=1S/C17H15F3N4O2/c1-11(23-24-16(26)12-4-3-7-21-10-12)8-15(25)22-14-6-2-5-13(9-14)17(18,19)20/h2-7,9-10H,8H2,1H3,(H,22,25)(H,24,26)/b23-11-. The van der Waals surface area contributed by atoms with E-state index in [1.165, 1.54) is 31.5 Å². The first-order valence-corrected chi connectivity index (χ1v) is 7.46. The van der Waals surface area contributed by atoms with Gasteiger partial charge in [-0.2, -0.15) is 18.3 Å². The molecule has 9 heteroatoms. The summed E-state index contributed by atoms with van der Waals surface area (Å²) in [5, 5.41) is 6.15. The van der Waals surface area contributed by atoms with Crippen molar-refractivity contribution < 1.29 is 22.8 Å². The van der Waals surface area contributed by atoms with Gasteiger partial charge >= 0.3 is 6.18 Å². The summed E-state index contributed by atoms with van der Waals surface area (Å²) in [6.45, 7) is 1.51. The van der Waals surface area contributed by atoms with E-state index in [0.29, 0.717) is 5.56 Å². The minimum absolute atomic E-state index is 0.0250. The summed E-state index contributed by atoms with van der Waals surface area (Å²) in [5.41, 5.74) is 2.03. The first-order valence-electron chi connectivity index (χ1n) is 7.46. The van der Waals surface area contributed by atoms with Crippen LogP contribution in [0.25, 0.3) is 0 Å². The Balaban J connectivity index is 1.92. The van der Waals surface area contributed by atoms with Crippen molar-refractivity contribution in [1.82, 2.24) is 10.4 Å². The van der Waals surface area contributed by atoms with Crippen LogP contribution in [0.1, 0.15) is 29.3 Å². The molecule has 0 atom stereocenters. The zero-order valence-corrected chi connectivity index (χ0v) is 13.7. The fourth-order valence-corrected chi connectivity index (χ4v) is 1.96. The average molecular weight is 364 g/mol. The Morgan fingerprint density at radius 3 is 2.62 bits per heavy atom. The minimum atomic E-state index is -4.49. The third-order valence-corrected chi connectivity index (χ3v) is 3.16. The molecular weight excluding hydrogens is 349 g/mol. The Hall–Kier alpha value is -3.23. The molecule has 1 heterocycles. The predicted molar refractivity (Wildman–Crippen MR) is 89.5 cm³/mol. The lowest BCUT2D eigenvalue weighted by Crippen LogP contribution is -2.21. The molecule has 0 aliphatic rings. The molecule has 0 bridgehead atoms. The molecule has 0 aliphatic heterocycles. The van der Waals surface area contributed by atoms with Gasteiger partial charge in [0, 0.05) is 23.8 Å². The summed E-state index contributed by atoms with van der Waals surface area (Å²) in [7, 11) is 0. The first kappa shape index (κ1) is 19.1. The smallest absolute Gasteiger partial charge is 0.326 e. The van der Waals surface area contributed by atoms with Crippen molar-refractivity contribution in [3.63, 3.8) is 0 Å². The maximum absolute atomic E-state index is 12.7. The lowest BCUT2D eigenvalue weighted by molar-refractivity contribution is -0.137. The van der Waals surface area contributed by atoms with Gasteiger partial charge < -0.3 is 5.32 Å². The van der Waals surface area contributed by atoms with Crippen molar-refractivity contribution in [2.24, 2.45) is 5.10 Å². The van der Waals surface area contributed by atoms with E-state index in [0.717, 1.165) is 12.1 Å². The topological polar surface area (TPSA) is 83.5 Å². The summed E-state index contributed by atoms with van der Waals surface area (Å²) >= 11 is 0. The second-order valence-electron chi connectivity index (χ2n) is 5.33. The number of nitrogens with zero attached hydrogens (tertiary/aromatic N) is 2. The molecule has 26 heavy (non-hydrogen) atoms. The molecule has 0 unspecified atom stereocenters. The quantitative estimate of drug-likeness (QED) is 0.631. The van der Waals surface area contributed by atoms with Crippen LogP contribution >= 0.6 is 0 Å². The Bertz CT molecular complexity index is 820. The van der Waals surface area contributed by atoms with E-state index < -0.39 is 23.6 Å². The van der Waals surface area contributed by atoms with Crippen LogP contribution in [0, 0.1) is 0 Å². The van der Waals surface area contributed by atoms with Crippen LogP contribution in [0.2, 0.25) is 0 Å². The number of nitrogens with one attached hydrogen (secondary N) is 2. The summed E-state index contributed by atoms with van der Waals surface area (Å²) < 4.78 is 38.0. The number of alkyl halides is 3. The number of hydrazone groups is 1. The zero-order valence-electron chi connectivity index (χ0n) is 13.7. The van der Waals surface area contributed by atoms with E-state index in [1.807, 2.05) is 0 Å². The van der Waals surface area contributed by atoms with E-state index in [-0.39, 0.29) is 17.8 Å². The van der Waals surface area contributed by atoms with Gasteiger partial charge in [0.05, 0.1) is 17.5 Å². The number of aromatic nitrogens is 1. The van der Waals surface area contributed by atoms with Gasteiger partial charge in [-0.15, -0.1) is 0 Å². The molecule has 2 rings (SSSR count). The van der Waals surface area contributed by atoms with E-state index >= 15 is 0 Å². The number of pyridine rings is 1. The van der Waals surface area contributed by atoms with Crippen molar-refractivity contribution in [2.75, 3.05) is 5.32 Å². The fourth-order valence-electron chi connectivity index (χ4n) is 1.96. The van der Waals surface area contributed by atoms with Gasteiger partial charge in [-0.25, -0.2) is 5.43 Å². The van der Waals surface area contributed by atoms with Crippen LogP contribution in [-0.2, 0) is 11.0 Å². The first-order chi connectivity index (χ1) is 12.3. The predicted octanol–water partition coefficient (Wildman–Crippen LogP) is 3.23. The third kappa shape index (κ3) is 5.69. The van der Waals surface area contributed by atoms with E-state index in [9.17, 15) is 22.8 Å². The van der Waals surface area contributed by atoms with Crippen molar-refractivity contribution >= 4 is 23.2 Å². The number of rotatable bonds is 5. The second kappa shape index (κ2) is 8.24. The Morgan fingerprint density at radius 2 is 1.96 bits per heavy atom. The minimum Gasteiger partial charge on any atom is -0.326 e. The maximum Gasteiger partial charge on any atom is 0.416 e. The molecule has 0 radical (unpaired) electrons. The van der Waals surface area contributed by atoms with Gasteiger partial charge in [0.25, 0.3) is 5.91 Å². The highest BCUT2D eigenvalue weighted by Crippen LogP contribution is 2.30. The van der Waals surface area contributed by atoms with Crippen LogP contribution in [0.4, 0.5) is 18.9 Å². The largest absolute Gasteiger partial charge is 0.416 e. The normalized spacial score (nSPS) is 11.8. The van der Waals surface area contributed by atoms with Gasteiger partial charge in [0.2, 0.25) is 5.91 Å². The Labute approximate surface area is 147 Å². The molecule has 1 aromatic carbocycles. The molecule has 136 valence electrons. The maximum atomic E-state index is 12.7. The molecule has 0 saturated carbocycles. The van der Waals surface area contributed by atoms with Gasteiger partial charge in [-0.3, -0.25) is 14.6 Å². The van der Waals surface area contributed by atoms with Gasteiger partial charge in [-0.1, -0.05) is 6.07 Å². The van der Waals surface area contributed by atoms with Gasteiger partial charge in [0.1, 0.15) is 0 Å². The second-order valence-corrected chi connectivity index (χ2v) is 5.33. The number of hydrogen-bond donors (Lipinski definition) is 2. The Morgan fingerprint density at radius 1 is 1.19 bits per heavy atom. The molecule has 0 aliphatic carbocycles. The van der Waals surface area contributed by atoms with Crippen LogP contribution < -0.4 is 10.7 Å². The van der Waals surface area contributed by atoms with Crippen molar-refractivity contribution in [3.8, 4) is 0 Å². The highest BCUT2D eigenvalue weighted by atomic mass is 19.4. The molecule has 2 N–H and O–H groups in total. The summed E-state index contributed by atoms with van der Waals surface area (Å²) in [4.78, 5) is 27.5. The zero-order chi connectivity index (χ0) is 19.2. The van der Waals surface area contributed by atoms with Crippen LogP contribution in [0.3, 0.4) is 0 Å². The molecule has 2 amide bonds. The molecule has 0 spiro atoms. The number of halogens is 3. The number of amides is 2. The molecular formula is C17H15F3N4O2. The molecule has 6 nitrogen and oxygen atoms in total. The van der Waals surface area contributed by atoms with Crippen LogP contribution in [0.5, 0.6) is 0 Å². The van der Waals surface area contributed by atoms with E-state index in [4.69, 9.17) is 0 Å². The number of hydrogen-bond acceptors (Lipinski definition) is 4. The monoisotopic (exact) mass is 364 g/mol. The Kier molecular flexibility index (Phi) is 6.05. The number of benzene rings is 1. The van der Waals surface area contributed by atoms with Crippen LogP contribution in [-0.4, -0.2) is 22.5 Å². The number of carbonyl (C=O) groups is 2. The average Bonchev–Trinajstić information content (AvgIpc) is 2.60. The van der Waals surface area contributed by atoms with E-state index in [1.54, 1.807) is 12.1 Å². The summed E-state index contributed by atoms with van der Waals surface area (Å²) in [6, 6.07) is 7.45. The summed E-state index contributed by atoms with van der Waals surface area (Å²) in [6.07, 6.45) is -1.80. The fraction of sp³-hybridized carbons (Fsp3) is 0.176. The molecule has 0 saturated heterocycles. The van der Waals surface area contributed by atoms with Crippen LogP contribution in [0.15, 0.2) is 53.9 Å². The lowest BCUT2D eigenvalue weighted by atomic mass is 10.2. The summed E-state index contributed by atoms with van der Waals surface area (Å²) in [5.74, 6) is -1.04. The van der Waals surface area contributed by atoms with Gasteiger partial charge in [0.15, 0.2) is 0 Å². The molecule has 2 aromatic rings. The van der Waals surface area contributed by atoms with E-state index in [2.05, 4.69) is 20.8 Å². The third-order valence-electron chi connectivity index (χ3n) is 3.16. The number of carbonyl (C=O) groups excluding carboxylic acids is 2.